The van der Waals surface area contributed by atoms with E-state index in [1.807, 2.05) is 26.0 Å². The van der Waals surface area contributed by atoms with Gasteiger partial charge >= 0.3 is 0 Å². The van der Waals surface area contributed by atoms with Gasteiger partial charge < -0.3 is 19.4 Å². The predicted molar refractivity (Wildman–Crippen MR) is 132 cm³/mol. The fourth-order valence-corrected chi connectivity index (χ4v) is 3.56. The van der Waals surface area contributed by atoms with E-state index in [1.54, 1.807) is 12.1 Å². The molecule has 9 heteroatoms. The highest BCUT2D eigenvalue weighted by atomic mass is 19.1. The minimum Gasteiger partial charge on any atom is -0.483 e. The number of aromatic nitrogens is 1. The van der Waals surface area contributed by atoms with Crippen LogP contribution < -0.4 is 15.6 Å². The molecule has 0 radical (unpaired) electrons. The van der Waals surface area contributed by atoms with Crippen molar-refractivity contribution in [1.82, 2.24) is 4.57 Å². The number of pyridine rings is 1. The minimum atomic E-state index is -0.681. The van der Waals surface area contributed by atoms with Crippen LogP contribution in [0.15, 0.2) is 53.5 Å². The topological polar surface area (TPSA) is 110 Å². The maximum absolute atomic E-state index is 14.1. The summed E-state index contributed by atoms with van der Waals surface area (Å²) in [7, 11) is 1.53. The van der Waals surface area contributed by atoms with Crippen molar-refractivity contribution in [3.63, 3.8) is 0 Å². The Bertz CT molecular complexity index is 1390. The van der Waals surface area contributed by atoms with E-state index in [-0.39, 0.29) is 29.0 Å². The number of aryl methyl sites for hydroxylation is 2. The third-order valence-corrected chi connectivity index (χ3v) is 5.64. The average molecular weight is 492 g/mol. The molecule has 8 nitrogen and oxygen atoms in total. The highest BCUT2D eigenvalue weighted by Crippen LogP contribution is 2.24. The molecule has 1 N–H and O–H groups in total. The summed E-state index contributed by atoms with van der Waals surface area (Å²) in [6.07, 6.45) is 1.81. The molecule has 0 unspecified atom stereocenters. The molecule has 1 aromatic heterocycles. The molecular weight excluding hydrogens is 465 g/mol. The number of benzene rings is 2. The molecule has 0 atom stereocenters. The molecular formula is C27H26FN3O5. The number of amides is 1. The summed E-state index contributed by atoms with van der Waals surface area (Å²) >= 11 is 0. The lowest BCUT2D eigenvalue weighted by Crippen LogP contribution is -2.25. The Morgan fingerprint density at radius 1 is 1.17 bits per heavy atom. The van der Waals surface area contributed by atoms with Crippen LogP contribution in [0.3, 0.4) is 0 Å². The van der Waals surface area contributed by atoms with Crippen LogP contribution in [-0.4, -0.2) is 36.6 Å². The number of hydrogen-bond acceptors (Lipinski definition) is 6. The third-order valence-electron chi connectivity index (χ3n) is 5.64. The number of carbonyl (C=O) groups is 2. The fraction of sp³-hybridized carbons (Fsp3) is 0.259. The normalized spacial score (nSPS) is 10.5. The molecule has 0 fully saturated rings. The lowest BCUT2D eigenvalue weighted by molar-refractivity contribution is -0.118. The second-order valence-corrected chi connectivity index (χ2v) is 8.15. The first kappa shape index (κ1) is 26.3. The van der Waals surface area contributed by atoms with Gasteiger partial charge in [-0.05, 0) is 61.7 Å². The van der Waals surface area contributed by atoms with Gasteiger partial charge in [-0.15, -0.1) is 0 Å². The Kier molecular flexibility index (Phi) is 8.71. The van der Waals surface area contributed by atoms with Gasteiger partial charge in [0.15, 0.2) is 12.4 Å². The van der Waals surface area contributed by atoms with Crippen molar-refractivity contribution in [2.24, 2.45) is 0 Å². The summed E-state index contributed by atoms with van der Waals surface area (Å²) in [6.45, 7) is 4.01. The first-order valence-electron chi connectivity index (χ1n) is 11.2. The van der Waals surface area contributed by atoms with Crippen LogP contribution in [0.1, 0.15) is 39.0 Å². The third kappa shape index (κ3) is 6.23. The molecule has 3 aromatic rings. The molecule has 186 valence electrons. The van der Waals surface area contributed by atoms with Crippen molar-refractivity contribution in [3.8, 4) is 11.8 Å². The number of nitrogens with one attached hydrogen (secondary N) is 1. The maximum atomic E-state index is 14.1. The molecule has 36 heavy (non-hydrogen) atoms. The van der Waals surface area contributed by atoms with Gasteiger partial charge in [-0.1, -0.05) is 12.1 Å². The lowest BCUT2D eigenvalue weighted by Gasteiger charge is -2.14. The van der Waals surface area contributed by atoms with Crippen molar-refractivity contribution in [1.29, 1.82) is 5.26 Å². The number of carbonyl (C=O) groups excluding carboxylic acids is 2. The quantitative estimate of drug-likeness (QED) is 0.342. The molecule has 0 spiro atoms. The van der Waals surface area contributed by atoms with Crippen LogP contribution >= 0.6 is 0 Å². The summed E-state index contributed by atoms with van der Waals surface area (Å²) < 4.78 is 25.9. The molecule has 2 aromatic carbocycles. The summed E-state index contributed by atoms with van der Waals surface area (Å²) in [5.74, 6) is -1.80. The largest absolute Gasteiger partial charge is 0.483 e. The zero-order valence-corrected chi connectivity index (χ0v) is 20.3. The van der Waals surface area contributed by atoms with E-state index in [9.17, 15) is 24.0 Å². The van der Waals surface area contributed by atoms with Crippen LogP contribution in [0, 0.1) is 31.0 Å². The fourth-order valence-electron chi connectivity index (χ4n) is 3.56. The van der Waals surface area contributed by atoms with E-state index in [4.69, 9.17) is 9.47 Å². The number of hydrogen-bond donors (Lipinski definition) is 1. The van der Waals surface area contributed by atoms with E-state index < -0.39 is 29.7 Å². The zero-order chi connectivity index (χ0) is 26.2. The van der Waals surface area contributed by atoms with Gasteiger partial charge in [0.2, 0.25) is 0 Å². The van der Waals surface area contributed by atoms with Crippen LogP contribution in [0.4, 0.5) is 10.1 Å². The van der Waals surface area contributed by atoms with Gasteiger partial charge in [0.05, 0.1) is 5.56 Å². The van der Waals surface area contributed by atoms with Gasteiger partial charge in [-0.2, -0.15) is 5.26 Å². The summed E-state index contributed by atoms with van der Waals surface area (Å²) in [6, 6.07) is 11.8. The number of rotatable bonds is 10. The van der Waals surface area contributed by atoms with Gasteiger partial charge in [0, 0.05) is 37.7 Å². The molecule has 0 saturated heterocycles. The Balaban J connectivity index is 1.85. The highest BCUT2D eigenvalue weighted by molar-refractivity contribution is 6.10. The molecule has 0 aliphatic carbocycles. The molecule has 0 bridgehead atoms. The van der Waals surface area contributed by atoms with Crippen molar-refractivity contribution < 1.29 is 23.5 Å². The zero-order valence-electron chi connectivity index (χ0n) is 20.3. The van der Waals surface area contributed by atoms with E-state index >= 15 is 0 Å². The van der Waals surface area contributed by atoms with Crippen LogP contribution in [0.5, 0.6) is 5.75 Å². The van der Waals surface area contributed by atoms with E-state index in [1.165, 1.54) is 30.0 Å². The molecule has 0 aliphatic heterocycles. The van der Waals surface area contributed by atoms with Crippen molar-refractivity contribution >= 4 is 17.4 Å². The van der Waals surface area contributed by atoms with Crippen molar-refractivity contribution in [2.75, 3.05) is 25.6 Å². The average Bonchev–Trinajstić information content (AvgIpc) is 2.86. The summed E-state index contributed by atoms with van der Waals surface area (Å²) in [4.78, 5) is 38.2. The van der Waals surface area contributed by atoms with Crippen molar-refractivity contribution in [2.45, 2.75) is 26.8 Å². The highest BCUT2D eigenvalue weighted by Gasteiger charge is 2.20. The van der Waals surface area contributed by atoms with E-state index in [2.05, 4.69) is 5.32 Å². The first-order valence-corrected chi connectivity index (χ1v) is 11.2. The minimum absolute atomic E-state index is 0.00634. The summed E-state index contributed by atoms with van der Waals surface area (Å²) in [5.41, 5.74) is 1.69. The van der Waals surface area contributed by atoms with Crippen LogP contribution in [0.2, 0.25) is 0 Å². The van der Waals surface area contributed by atoms with E-state index in [0.29, 0.717) is 18.7 Å². The van der Waals surface area contributed by atoms with Gasteiger partial charge in [0.1, 0.15) is 23.2 Å². The van der Waals surface area contributed by atoms with Crippen LogP contribution in [-0.2, 0) is 16.1 Å². The van der Waals surface area contributed by atoms with Gasteiger partial charge in [-0.3, -0.25) is 14.4 Å². The van der Waals surface area contributed by atoms with Gasteiger partial charge in [-0.25, -0.2) is 4.39 Å². The second-order valence-electron chi connectivity index (χ2n) is 8.15. The second kappa shape index (κ2) is 11.9. The number of ketones is 1. The number of anilines is 1. The summed E-state index contributed by atoms with van der Waals surface area (Å²) in [5, 5.41) is 12.1. The lowest BCUT2D eigenvalue weighted by atomic mass is 10.0. The molecule has 3 rings (SSSR count). The number of halogens is 1. The van der Waals surface area contributed by atoms with Crippen LogP contribution in [0.25, 0.3) is 0 Å². The standard InChI is InChI=1S/C27H26FN3O5/c1-17-6-4-7-23(18(17)2)30-25(32)16-36-24-9-8-21(28)13-22(24)26(33)20-12-19(14-29)27(34)31(15-20)10-5-11-35-3/h4,6-9,12-13,15H,5,10-11,16H2,1-3H3,(H,30,32). The van der Waals surface area contributed by atoms with Gasteiger partial charge in [0.25, 0.3) is 11.5 Å². The number of nitrogens with zero attached hydrogens (tertiary/aromatic N) is 2. The Morgan fingerprint density at radius 2 is 1.94 bits per heavy atom. The molecule has 0 saturated carbocycles. The maximum Gasteiger partial charge on any atom is 0.268 e. The number of methoxy groups -OCH3 is 1. The smallest absolute Gasteiger partial charge is 0.268 e. The van der Waals surface area contributed by atoms with E-state index in [0.717, 1.165) is 23.3 Å². The Hall–Kier alpha value is -4.29. The monoisotopic (exact) mass is 491 g/mol. The number of nitriles is 1. The number of ether oxygens (including phenoxy) is 2. The molecule has 0 aliphatic rings. The SMILES string of the molecule is COCCCn1cc(C(=O)c2cc(F)ccc2OCC(=O)Nc2cccc(C)c2C)cc(C#N)c1=O. The predicted octanol–water partition coefficient (Wildman–Crippen LogP) is 3.76. The Labute approximate surface area is 207 Å². The molecule has 1 heterocycles. The molecule has 1 amide bonds. The Morgan fingerprint density at radius 3 is 2.67 bits per heavy atom. The van der Waals surface area contributed by atoms with Crippen molar-refractivity contribution in [3.05, 3.63) is 92.6 Å². The first-order chi connectivity index (χ1) is 17.2.